The lowest BCUT2D eigenvalue weighted by Gasteiger charge is -2.04. The Morgan fingerprint density at radius 1 is 0.929 bits per heavy atom. The van der Waals surface area contributed by atoms with Gasteiger partial charge in [0.2, 0.25) is 0 Å². The third-order valence-corrected chi connectivity index (χ3v) is 4.84. The van der Waals surface area contributed by atoms with Gasteiger partial charge in [0, 0.05) is 16.8 Å². The van der Waals surface area contributed by atoms with Crippen LogP contribution in [0.5, 0.6) is 5.75 Å². The molecular formula is C24H20BrNO2. The average molecular weight is 434 g/mol. The van der Waals surface area contributed by atoms with Crippen molar-refractivity contribution in [3.05, 3.63) is 99.5 Å². The Morgan fingerprint density at radius 2 is 1.61 bits per heavy atom. The van der Waals surface area contributed by atoms with Gasteiger partial charge in [-0.2, -0.15) is 0 Å². The first-order valence-corrected chi connectivity index (χ1v) is 9.66. The van der Waals surface area contributed by atoms with Gasteiger partial charge in [-0.3, -0.25) is 4.99 Å². The zero-order chi connectivity index (χ0) is 19.9. The molecule has 0 radical (unpaired) electrons. The smallest absolute Gasteiger partial charge is 0.336 e. The molecule has 3 aromatic rings. The number of rotatable bonds is 5. The summed E-state index contributed by atoms with van der Waals surface area (Å²) in [6, 6.07) is 21.0. The second-order valence-electron chi connectivity index (χ2n) is 6.35. The maximum absolute atomic E-state index is 12.0. The van der Waals surface area contributed by atoms with E-state index in [0.29, 0.717) is 5.75 Å². The number of hydrogen-bond acceptors (Lipinski definition) is 3. The summed E-state index contributed by atoms with van der Waals surface area (Å²) in [6.07, 6.45) is 4.94. The molecular weight excluding hydrogens is 414 g/mol. The highest BCUT2D eigenvalue weighted by molar-refractivity contribution is 9.10. The lowest BCUT2D eigenvalue weighted by Crippen LogP contribution is -2.03. The van der Waals surface area contributed by atoms with Crippen molar-refractivity contribution in [2.24, 2.45) is 4.99 Å². The van der Waals surface area contributed by atoms with Crippen LogP contribution in [0.4, 0.5) is 5.69 Å². The molecule has 28 heavy (non-hydrogen) atoms. The molecule has 0 spiro atoms. The molecule has 0 amide bonds. The van der Waals surface area contributed by atoms with Crippen LogP contribution >= 0.6 is 15.9 Å². The number of esters is 1. The highest BCUT2D eigenvalue weighted by Gasteiger charge is 2.01. The molecule has 0 fully saturated rings. The number of aryl methyl sites for hydroxylation is 1. The van der Waals surface area contributed by atoms with Crippen molar-refractivity contribution < 1.29 is 9.53 Å². The van der Waals surface area contributed by atoms with Crippen molar-refractivity contribution in [3.8, 4) is 5.75 Å². The summed E-state index contributed by atoms with van der Waals surface area (Å²) < 4.78 is 6.33. The number of aliphatic imine (C=N–C) groups is 1. The Morgan fingerprint density at radius 3 is 2.32 bits per heavy atom. The molecule has 140 valence electrons. The summed E-state index contributed by atoms with van der Waals surface area (Å²) >= 11 is 3.38. The van der Waals surface area contributed by atoms with Crippen LogP contribution in [0.2, 0.25) is 0 Å². The summed E-state index contributed by atoms with van der Waals surface area (Å²) in [5.41, 5.74) is 5.20. The lowest BCUT2D eigenvalue weighted by atomic mass is 10.1. The number of hydrogen-bond donors (Lipinski definition) is 0. The zero-order valence-electron chi connectivity index (χ0n) is 15.7. The highest BCUT2D eigenvalue weighted by atomic mass is 79.9. The SMILES string of the molecule is Cc1cccc(N=Cc2ccc(OC(=O)C=Cc3ccc(Br)cc3)cc2)c1C. The summed E-state index contributed by atoms with van der Waals surface area (Å²) in [5, 5.41) is 0. The zero-order valence-corrected chi connectivity index (χ0v) is 17.3. The number of carbonyl (C=O) groups is 1. The van der Waals surface area contributed by atoms with Crippen LogP contribution in [0.15, 0.2) is 82.3 Å². The molecule has 3 aromatic carbocycles. The van der Waals surface area contributed by atoms with Crippen LogP contribution in [0.3, 0.4) is 0 Å². The number of nitrogens with zero attached hydrogens (tertiary/aromatic N) is 1. The van der Waals surface area contributed by atoms with Gasteiger partial charge in [0.15, 0.2) is 0 Å². The fourth-order valence-electron chi connectivity index (χ4n) is 2.53. The van der Waals surface area contributed by atoms with E-state index >= 15 is 0 Å². The van der Waals surface area contributed by atoms with Crippen LogP contribution in [-0.2, 0) is 4.79 Å². The topological polar surface area (TPSA) is 38.7 Å². The second kappa shape index (κ2) is 9.29. The molecule has 0 N–H and O–H groups in total. The molecule has 0 heterocycles. The van der Waals surface area contributed by atoms with Crippen molar-refractivity contribution in [2.75, 3.05) is 0 Å². The van der Waals surface area contributed by atoms with E-state index in [2.05, 4.69) is 40.8 Å². The predicted molar refractivity (Wildman–Crippen MR) is 118 cm³/mol. The summed E-state index contributed by atoms with van der Waals surface area (Å²) in [7, 11) is 0. The Labute approximate surface area is 173 Å². The maximum Gasteiger partial charge on any atom is 0.336 e. The first-order chi connectivity index (χ1) is 13.5. The maximum atomic E-state index is 12.0. The molecule has 0 bridgehead atoms. The minimum atomic E-state index is -0.417. The molecule has 3 rings (SSSR count). The van der Waals surface area contributed by atoms with Crippen molar-refractivity contribution in [3.63, 3.8) is 0 Å². The summed E-state index contributed by atoms with van der Waals surface area (Å²) in [6.45, 7) is 4.13. The predicted octanol–water partition coefficient (Wildman–Crippen LogP) is 6.44. The van der Waals surface area contributed by atoms with Gasteiger partial charge in [-0.25, -0.2) is 4.79 Å². The molecule has 0 atom stereocenters. The number of carbonyl (C=O) groups excluding carboxylic acids is 1. The van der Waals surface area contributed by atoms with E-state index in [1.165, 1.54) is 17.2 Å². The lowest BCUT2D eigenvalue weighted by molar-refractivity contribution is -0.128. The van der Waals surface area contributed by atoms with Crippen LogP contribution in [-0.4, -0.2) is 12.2 Å². The molecule has 0 unspecified atom stereocenters. The summed E-state index contributed by atoms with van der Waals surface area (Å²) in [4.78, 5) is 16.5. The molecule has 4 heteroatoms. The van der Waals surface area contributed by atoms with Gasteiger partial charge >= 0.3 is 5.97 Å². The molecule has 0 saturated carbocycles. The number of halogens is 1. The van der Waals surface area contributed by atoms with E-state index in [1.54, 1.807) is 24.4 Å². The molecule has 0 aliphatic rings. The van der Waals surface area contributed by atoms with Gasteiger partial charge in [-0.05, 0) is 84.6 Å². The number of ether oxygens (including phenoxy) is 1. The van der Waals surface area contributed by atoms with Crippen LogP contribution in [0.1, 0.15) is 22.3 Å². The van der Waals surface area contributed by atoms with Gasteiger partial charge < -0.3 is 4.74 Å². The Hall–Kier alpha value is -2.98. The van der Waals surface area contributed by atoms with Gasteiger partial charge in [0.1, 0.15) is 5.75 Å². The van der Waals surface area contributed by atoms with Crippen molar-refractivity contribution in [1.82, 2.24) is 0 Å². The molecule has 0 aromatic heterocycles. The van der Waals surface area contributed by atoms with Gasteiger partial charge in [0.05, 0.1) is 5.69 Å². The van der Waals surface area contributed by atoms with Crippen molar-refractivity contribution >= 4 is 39.9 Å². The Kier molecular flexibility index (Phi) is 6.56. The van der Waals surface area contributed by atoms with E-state index in [-0.39, 0.29) is 0 Å². The standard InChI is InChI=1S/C24H20BrNO2/c1-17-4-3-5-23(18(17)2)26-16-20-8-13-22(14-9-20)28-24(27)15-10-19-6-11-21(25)12-7-19/h3-16H,1-2H3. The fraction of sp³-hybridized carbons (Fsp3) is 0.0833. The van der Waals surface area contributed by atoms with Crippen LogP contribution in [0, 0.1) is 13.8 Å². The third kappa shape index (κ3) is 5.51. The molecule has 3 nitrogen and oxygen atoms in total. The van der Waals surface area contributed by atoms with Crippen molar-refractivity contribution in [1.29, 1.82) is 0 Å². The quantitative estimate of drug-likeness (QED) is 0.201. The monoisotopic (exact) mass is 433 g/mol. The third-order valence-electron chi connectivity index (χ3n) is 4.31. The Balaban J connectivity index is 1.61. The molecule has 0 aliphatic carbocycles. The fourth-order valence-corrected chi connectivity index (χ4v) is 2.79. The first kappa shape index (κ1) is 19.8. The number of benzene rings is 3. The summed E-state index contributed by atoms with van der Waals surface area (Å²) in [5.74, 6) is 0.0778. The van der Waals surface area contributed by atoms with E-state index in [9.17, 15) is 4.79 Å². The average Bonchev–Trinajstić information content (AvgIpc) is 2.70. The van der Waals surface area contributed by atoms with Crippen LogP contribution < -0.4 is 4.74 Å². The van der Waals surface area contributed by atoms with E-state index in [0.717, 1.165) is 21.3 Å². The van der Waals surface area contributed by atoms with E-state index < -0.39 is 5.97 Å². The van der Waals surface area contributed by atoms with E-state index in [4.69, 9.17) is 4.74 Å². The minimum Gasteiger partial charge on any atom is -0.423 e. The van der Waals surface area contributed by atoms with Crippen LogP contribution in [0.25, 0.3) is 6.08 Å². The van der Waals surface area contributed by atoms with E-state index in [1.807, 2.05) is 48.5 Å². The minimum absolute atomic E-state index is 0.417. The van der Waals surface area contributed by atoms with Crippen molar-refractivity contribution in [2.45, 2.75) is 13.8 Å². The van der Waals surface area contributed by atoms with Gasteiger partial charge in [0.25, 0.3) is 0 Å². The van der Waals surface area contributed by atoms with Gasteiger partial charge in [-0.1, -0.05) is 40.2 Å². The Bertz CT molecular complexity index is 1020. The molecule has 0 saturated heterocycles. The second-order valence-corrected chi connectivity index (χ2v) is 7.27. The largest absolute Gasteiger partial charge is 0.423 e. The first-order valence-electron chi connectivity index (χ1n) is 8.87. The van der Waals surface area contributed by atoms with Gasteiger partial charge in [-0.15, -0.1) is 0 Å². The normalized spacial score (nSPS) is 11.2. The highest BCUT2D eigenvalue weighted by Crippen LogP contribution is 2.21. The molecule has 0 aliphatic heterocycles.